The molecule has 0 aromatic carbocycles. The Hall–Kier alpha value is -1.45. The van der Waals surface area contributed by atoms with Crippen LogP contribution in [0, 0.1) is 69.0 Å². The van der Waals surface area contributed by atoms with Crippen molar-refractivity contribution in [3.05, 3.63) is 47.6 Å². The van der Waals surface area contributed by atoms with Gasteiger partial charge in [-0.1, -0.05) is 82.6 Å². The molecule has 0 aromatic rings. The number of hydrogen-bond acceptors (Lipinski definition) is 3. The van der Waals surface area contributed by atoms with Gasteiger partial charge in [0.2, 0.25) is 0 Å². The molecule has 3 nitrogen and oxygen atoms in total. The van der Waals surface area contributed by atoms with Gasteiger partial charge in [0.05, 0.1) is 12.2 Å². The number of carbonyl (C=O) groups excluding carboxylic acids is 1. The molecular formula is C49H78O3. The van der Waals surface area contributed by atoms with Crippen LogP contribution in [0.15, 0.2) is 47.6 Å². The molecule has 6 unspecified atom stereocenters. The Morgan fingerprint density at radius 2 is 1.12 bits per heavy atom. The van der Waals surface area contributed by atoms with Crippen LogP contribution in [-0.2, 0) is 4.79 Å². The first-order valence-corrected chi connectivity index (χ1v) is 22.2. The van der Waals surface area contributed by atoms with Gasteiger partial charge in [-0.2, -0.15) is 0 Å². The highest BCUT2D eigenvalue weighted by Crippen LogP contribution is 2.68. The van der Waals surface area contributed by atoms with Gasteiger partial charge in [0.1, 0.15) is 5.78 Å². The van der Waals surface area contributed by atoms with E-state index < -0.39 is 0 Å². The highest BCUT2D eigenvalue weighted by Gasteiger charge is 2.60. The average molecular weight is 715 g/mol. The molecule has 0 saturated heterocycles. The Bertz CT molecular complexity index is 1400. The predicted octanol–water partition coefficient (Wildman–Crippen LogP) is 12.4. The quantitative estimate of drug-likeness (QED) is 0.285. The van der Waals surface area contributed by atoms with E-state index in [9.17, 15) is 15.0 Å². The molecule has 0 amide bonds. The minimum Gasteiger partial charge on any atom is -0.393 e. The Balaban J connectivity index is 0.000000163. The maximum absolute atomic E-state index is 12.2. The summed E-state index contributed by atoms with van der Waals surface area (Å²) >= 11 is 0. The zero-order valence-corrected chi connectivity index (χ0v) is 34.8. The van der Waals surface area contributed by atoms with Gasteiger partial charge in [-0.05, 0) is 193 Å². The maximum Gasteiger partial charge on any atom is 0.133 e. The lowest BCUT2D eigenvalue weighted by Gasteiger charge is -2.58. The normalized spacial score (nSPS) is 47.5. The Labute approximate surface area is 319 Å². The van der Waals surface area contributed by atoms with Crippen molar-refractivity contribution >= 4 is 5.78 Å². The molecule has 0 heterocycles. The number of aliphatic hydroxyl groups excluding tert-OH is 2. The van der Waals surface area contributed by atoms with Gasteiger partial charge in [-0.3, -0.25) is 4.79 Å². The second-order valence-corrected chi connectivity index (χ2v) is 20.3. The molecule has 2 N–H and O–H groups in total. The highest BCUT2D eigenvalue weighted by atomic mass is 16.3. The summed E-state index contributed by atoms with van der Waals surface area (Å²) < 4.78 is 0. The number of aliphatic hydroxyl groups is 2. The third kappa shape index (κ3) is 6.85. The second-order valence-electron chi connectivity index (χ2n) is 20.3. The summed E-state index contributed by atoms with van der Waals surface area (Å²) in [5, 5.41) is 20.2. The number of allylic oxidation sites excluding steroid dienone is 5. The first-order valence-electron chi connectivity index (χ1n) is 22.2. The number of ketones is 1. The van der Waals surface area contributed by atoms with Crippen LogP contribution in [0.4, 0.5) is 0 Å². The van der Waals surface area contributed by atoms with Gasteiger partial charge >= 0.3 is 0 Å². The SMILES string of the molecule is C=CCC.CC(=O)[C@H]1CCC2C3CC=C4C[C@@H](O)CC[C@]4(C)C3CC[C@@]21C.CC/C=C(\C)[C@H]1CCC2C3CC=C4C[C@@H](O)CC[C@]4(C)C3CC[C@@]21C. The molecule has 3 heteroatoms. The summed E-state index contributed by atoms with van der Waals surface area (Å²) in [4.78, 5) is 12.2. The molecule has 8 aliphatic carbocycles. The summed E-state index contributed by atoms with van der Waals surface area (Å²) in [5.74, 6) is 6.50. The minimum atomic E-state index is -0.117. The van der Waals surface area contributed by atoms with Crippen LogP contribution in [-0.4, -0.2) is 28.2 Å². The number of hydrogen-bond donors (Lipinski definition) is 2. The fraction of sp³-hybridized carbons (Fsp3) is 0.816. The predicted molar refractivity (Wildman–Crippen MR) is 218 cm³/mol. The van der Waals surface area contributed by atoms with E-state index in [0.717, 1.165) is 86.4 Å². The van der Waals surface area contributed by atoms with Crippen molar-refractivity contribution in [2.45, 2.75) is 183 Å². The van der Waals surface area contributed by atoms with Crippen LogP contribution in [0.25, 0.3) is 0 Å². The molecule has 8 aliphatic rings. The molecule has 6 saturated carbocycles. The molecule has 14 atom stereocenters. The maximum atomic E-state index is 12.2. The van der Waals surface area contributed by atoms with Crippen molar-refractivity contribution in [1.29, 1.82) is 0 Å². The van der Waals surface area contributed by atoms with Crippen molar-refractivity contribution in [3.63, 3.8) is 0 Å². The number of carbonyl (C=O) groups is 1. The van der Waals surface area contributed by atoms with E-state index in [4.69, 9.17) is 0 Å². The van der Waals surface area contributed by atoms with Gasteiger partial charge in [0.25, 0.3) is 0 Å². The first-order chi connectivity index (χ1) is 24.7. The largest absolute Gasteiger partial charge is 0.393 e. The first kappa shape index (κ1) is 40.2. The smallest absolute Gasteiger partial charge is 0.133 e. The standard InChI is InChI=1S/C24H38O.C21H32O2.C4H8/c1-5-6-16(2)20-9-10-21-19-8-7-17-15-18(25)11-13-23(17,3)22(19)12-14-24(20,21)4;1-13(22)17-6-7-18-16-5-4-14-12-15(23)8-10-20(14,2)19(16)9-11-21(17,18)3;1-3-4-2/h6-7,18-22,25H,5,8-15H2,1-4H3;4,15-19,23H,5-12H2,1-3H3;3H,1,4H2,2H3/b16-6+;;/t18-,19?,20+,21?,22?,23-,24+;15-,16?,17+,18?,19?,20-,21+;/m00./s1. The van der Waals surface area contributed by atoms with Crippen LogP contribution in [0.3, 0.4) is 0 Å². The van der Waals surface area contributed by atoms with Crippen molar-refractivity contribution in [3.8, 4) is 0 Å². The minimum absolute atomic E-state index is 0.0811. The van der Waals surface area contributed by atoms with Gasteiger partial charge in [0, 0.05) is 5.92 Å². The summed E-state index contributed by atoms with van der Waals surface area (Å²) in [6.45, 7) is 22.1. The number of fused-ring (bicyclic) bond motifs is 10. The summed E-state index contributed by atoms with van der Waals surface area (Å²) in [6.07, 6.45) is 30.7. The average Bonchev–Trinajstić information content (AvgIpc) is 3.66. The van der Waals surface area contributed by atoms with Crippen LogP contribution in [0.2, 0.25) is 0 Å². The lowest BCUT2D eigenvalue weighted by atomic mass is 9.47. The molecule has 0 spiro atoms. The third-order valence-electron chi connectivity index (χ3n) is 18.0. The van der Waals surface area contributed by atoms with E-state index in [1.54, 1.807) is 16.7 Å². The van der Waals surface area contributed by atoms with Gasteiger partial charge in [-0.15, -0.1) is 6.58 Å². The van der Waals surface area contributed by atoms with Gasteiger partial charge in [0.15, 0.2) is 0 Å². The van der Waals surface area contributed by atoms with Crippen LogP contribution in [0.1, 0.15) is 171 Å². The third-order valence-corrected chi connectivity index (χ3v) is 18.0. The molecule has 8 rings (SSSR count). The number of rotatable bonds is 4. The monoisotopic (exact) mass is 715 g/mol. The molecule has 0 aromatic heterocycles. The zero-order valence-electron chi connectivity index (χ0n) is 34.8. The van der Waals surface area contributed by atoms with Crippen LogP contribution >= 0.6 is 0 Å². The van der Waals surface area contributed by atoms with Crippen LogP contribution in [0.5, 0.6) is 0 Å². The van der Waals surface area contributed by atoms with Crippen molar-refractivity contribution < 1.29 is 15.0 Å². The fourth-order valence-electron chi connectivity index (χ4n) is 15.2. The highest BCUT2D eigenvalue weighted by molar-refractivity contribution is 5.79. The molecular weight excluding hydrogens is 637 g/mol. The molecule has 0 aliphatic heterocycles. The van der Waals surface area contributed by atoms with E-state index in [2.05, 4.69) is 73.3 Å². The summed E-state index contributed by atoms with van der Waals surface area (Å²) in [5.41, 5.74) is 6.31. The summed E-state index contributed by atoms with van der Waals surface area (Å²) in [6, 6.07) is 0. The Morgan fingerprint density at radius 3 is 1.54 bits per heavy atom. The van der Waals surface area contributed by atoms with E-state index in [-0.39, 0.29) is 17.6 Å². The molecule has 292 valence electrons. The van der Waals surface area contributed by atoms with E-state index in [0.29, 0.717) is 27.9 Å². The summed E-state index contributed by atoms with van der Waals surface area (Å²) in [7, 11) is 0. The number of Topliss-reactive ketones (excluding diaryl/α,β-unsaturated/α-hetero) is 1. The topological polar surface area (TPSA) is 57.5 Å². The fourth-order valence-corrected chi connectivity index (χ4v) is 15.2. The lowest BCUT2D eigenvalue weighted by molar-refractivity contribution is -0.127. The van der Waals surface area contributed by atoms with Crippen molar-refractivity contribution in [2.75, 3.05) is 0 Å². The Morgan fingerprint density at radius 1 is 0.673 bits per heavy atom. The molecule has 0 radical (unpaired) electrons. The molecule has 0 bridgehead atoms. The lowest BCUT2D eigenvalue weighted by Crippen LogP contribution is -2.50. The van der Waals surface area contributed by atoms with Gasteiger partial charge in [-0.25, -0.2) is 0 Å². The van der Waals surface area contributed by atoms with E-state index >= 15 is 0 Å². The van der Waals surface area contributed by atoms with E-state index in [1.807, 2.05) is 13.0 Å². The van der Waals surface area contributed by atoms with Crippen molar-refractivity contribution in [2.24, 2.45) is 69.0 Å². The van der Waals surface area contributed by atoms with Crippen molar-refractivity contribution in [1.82, 2.24) is 0 Å². The molecule has 6 fully saturated rings. The van der Waals surface area contributed by atoms with E-state index in [1.165, 1.54) is 70.6 Å². The Kier molecular flexibility index (Phi) is 12.1. The zero-order chi connectivity index (χ0) is 37.6. The van der Waals surface area contributed by atoms with Gasteiger partial charge < -0.3 is 10.2 Å². The second kappa shape index (κ2) is 15.6. The molecule has 52 heavy (non-hydrogen) atoms. The van der Waals surface area contributed by atoms with Crippen LogP contribution < -0.4 is 0 Å².